The predicted octanol–water partition coefficient (Wildman–Crippen LogP) is 3.65. The molecule has 0 aromatic rings. The first-order valence-electron chi connectivity index (χ1n) is 4.35. The van der Waals surface area contributed by atoms with Crippen molar-refractivity contribution in [3.8, 4) is 6.07 Å². The number of rotatable bonds is 6. The molecular weight excluding hydrogens is 362 g/mol. The van der Waals surface area contributed by atoms with Gasteiger partial charge in [0.2, 0.25) is 13.7 Å². The van der Waals surface area contributed by atoms with Gasteiger partial charge in [-0.3, -0.25) is 0 Å². The summed E-state index contributed by atoms with van der Waals surface area (Å²) < 4.78 is 22.6. The summed E-state index contributed by atoms with van der Waals surface area (Å²) in [6.45, 7) is 5.93. The molecule has 0 saturated carbocycles. The molecule has 0 fully saturated rings. The molecular formula is C8H10Cl4N2O2S2. The summed E-state index contributed by atoms with van der Waals surface area (Å²) in [7, 11) is -3.95. The SMILES string of the molecule is C=CS(=O)(=O)N(SC(Cl)(Cl)C(Cl)Cl)C(C)(C)C#N. The number of sulfonamides is 1. The number of hydrogen-bond donors (Lipinski definition) is 0. The first-order valence-corrected chi connectivity index (χ1v) is 8.25. The van der Waals surface area contributed by atoms with Gasteiger partial charge in [0.05, 0.1) is 6.07 Å². The van der Waals surface area contributed by atoms with E-state index in [0.717, 1.165) is 0 Å². The quantitative estimate of drug-likeness (QED) is 0.528. The molecule has 4 nitrogen and oxygen atoms in total. The monoisotopic (exact) mass is 370 g/mol. The molecule has 0 amide bonds. The van der Waals surface area contributed by atoms with Crippen molar-refractivity contribution in [1.29, 1.82) is 5.26 Å². The average molecular weight is 372 g/mol. The van der Waals surface area contributed by atoms with Crippen LogP contribution in [0.3, 0.4) is 0 Å². The van der Waals surface area contributed by atoms with Crippen LogP contribution < -0.4 is 0 Å². The van der Waals surface area contributed by atoms with Gasteiger partial charge in [-0.1, -0.05) is 29.8 Å². The molecule has 0 aliphatic carbocycles. The summed E-state index contributed by atoms with van der Waals surface area (Å²) in [6, 6.07) is 1.82. The van der Waals surface area contributed by atoms with Crippen molar-refractivity contribution in [1.82, 2.24) is 3.71 Å². The van der Waals surface area contributed by atoms with Gasteiger partial charge in [0.25, 0.3) is 0 Å². The fourth-order valence-corrected chi connectivity index (χ4v) is 3.97. The molecule has 0 rings (SSSR count). The number of alkyl halides is 4. The first kappa shape index (κ1) is 18.7. The van der Waals surface area contributed by atoms with Crippen molar-refractivity contribution in [3.05, 3.63) is 12.0 Å². The lowest BCUT2D eigenvalue weighted by molar-refractivity contribution is 0.434. The van der Waals surface area contributed by atoms with Crippen LogP contribution in [0.1, 0.15) is 13.8 Å². The van der Waals surface area contributed by atoms with Crippen molar-refractivity contribution in [2.24, 2.45) is 0 Å². The minimum absolute atomic E-state index is 0.437. The predicted molar refractivity (Wildman–Crippen MR) is 78.2 cm³/mol. The van der Waals surface area contributed by atoms with Crippen molar-refractivity contribution in [3.63, 3.8) is 0 Å². The van der Waals surface area contributed by atoms with E-state index in [1.54, 1.807) is 0 Å². The van der Waals surface area contributed by atoms with Crippen molar-refractivity contribution in [2.45, 2.75) is 27.9 Å². The molecule has 0 aromatic carbocycles. The summed E-state index contributed by atoms with van der Waals surface area (Å²) in [5.74, 6) is 0. The van der Waals surface area contributed by atoms with E-state index in [1.807, 2.05) is 6.07 Å². The topological polar surface area (TPSA) is 61.2 Å². The van der Waals surface area contributed by atoms with Crippen LogP contribution in [0.4, 0.5) is 0 Å². The fraction of sp³-hybridized carbons (Fsp3) is 0.625. The molecule has 0 bridgehead atoms. The zero-order valence-corrected chi connectivity index (χ0v) is 14.1. The van der Waals surface area contributed by atoms with E-state index in [0.29, 0.717) is 21.1 Å². The van der Waals surface area contributed by atoms with E-state index in [-0.39, 0.29) is 0 Å². The second-order valence-electron chi connectivity index (χ2n) is 3.56. The molecule has 0 spiro atoms. The van der Waals surface area contributed by atoms with E-state index >= 15 is 0 Å². The fourth-order valence-electron chi connectivity index (χ4n) is 0.743. The molecule has 0 radical (unpaired) electrons. The van der Waals surface area contributed by atoms with Gasteiger partial charge in [-0.25, -0.2) is 8.42 Å². The van der Waals surface area contributed by atoms with Gasteiger partial charge in [0.1, 0.15) is 5.54 Å². The molecule has 0 atom stereocenters. The van der Waals surface area contributed by atoms with E-state index in [4.69, 9.17) is 51.7 Å². The van der Waals surface area contributed by atoms with Crippen LogP contribution in [-0.2, 0) is 10.0 Å². The summed E-state index contributed by atoms with van der Waals surface area (Å²) in [4.78, 5) is -1.26. The molecule has 10 heteroatoms. The number of nitriles is 1. The van der Waals surface area contributed by atoms with Crippen LogP contribution in [0.15, 0.2) is 12.0 Å². The Bertz CT molecular complexity index is 456. The Labute approximate surface area is 131 Å². The molecule has 0 aliphatic heterocycles. The standard InChI is InChI=1S/C8H10Cl4N2O2S2/c1-4-18(15,16)14(7(2,3)5-13)17-8(11,12)6(9)10/h4,6H,1H2,2-3H3. The Morgan fingerprint density at radius 1 is 1.44 bits per heavy atom. The van der Waals surface area contributed by atoms with Crippen LogP contribution in [-0.4, -0.2) is 26.2 Å². The Kier molecular flexibility index (Phi) is 6.63. The van der Waals surface area contributed by atoms with E-state index < -0.39 is 24.1 Å². The molecule has 0 aromatic heterocycles. The molecule has 0 heterocycles. The highest BCUT2D eigenvalue weighted by atomic mass is 35.5. The number of halogens is 4. The molecule has 0 N–H and O–H groups in total. The van der Waals surface area contributed by atoms with Crippen molar-refractivity contribution >= 4 is 68.4 Å². The minimum atomic E-state index is -3.95. The maximum atomic E-state index is 11.8. The van der Waals surface area contributed by atoms with E-state index in [1.165, 1.54) is 13.8 Å². The lowest BCUT2D eigenvalue weighted by atomic mass is 10.1. The van der Waals surface area contributed by atoms with E-state index in [9.17, 15) is 8.42 Å². The van der Waals surface area contributed by atoms with Gasteiger partial charge in [-0.2, -0.15) is 5.26 Å². The highest BCUT2D eigenvalue weighted by Gasteiger charge is 2.45. The summed E-state index contributed by atoms with van der Waals surface area (Å²) in [5.41, 5.74) is -1.41. The smallest absolute Gasteiger partial charge is 0.207 e. The highest BCUT2D eigenvalue weighted by Crippen LogP contribution is 2.47. The third kappa shape index (κ3) is 4.64. The largest absolute Gasteiger partial charge is 0.246 e. The van der Waals surface area contributed by atoms with Gasteiger partial charge in [0, 0.05) is 5.41 Å². The third-order valence-corrected chi connectivity index (χ3v) is 7.13. The third-order valence-electron chi connectivity index (χ3n) is 1.63. The molecule has 104 valence electrons. The minimum Gasteiger partial charge on any atom is -0.207 e. The number of nitrogens with zero attached hydrogens (tertiary/aromatic N) is 2. The lowest BCUT2D eigenvalue weighted by Crippen LogP contribution is -2.43. The van der Waals surface area contributed by atoms with Crippen LogP contribution in [0.5, 0.6) is 0 Å². The van der Waals surface area contributed by atoms with Gasteiger partial charge < -0.3 is 0 Å². The zero-order valence-electron chi connectivity index (χ0n) is 9.40. The highest BCUT2D eigenvalue weighted by molar-refractivity contribution is 8.11. The lowest BCUT2D eigenvalue weighted by Gasteiger charge is -2.33. The van der Waals surface area contributed by atoms with Crippen molar-refractivity contribution < 1.29 is 8.42 Å². The van der Waals surface area contributed by atoms with Crippen LogP contribution in [0.25, 0.3) is 0 Å². The first-order chi connectivity index (χ1) is 7.90. The maximum Gasteiger partial charge on any atom is 0.246 e. The van der Waals surface area contributed by atoms with Gasteiger partial charge in [0.15, 0.2) is 4.84 Å². The molecule has 0 unspecified atom stereocenters. The molecule has 18 heavy (non-hydrogen) atoms. The maximum absolute atomic E-state index is 11.8. The second kappa shape index (κ2) is 6.40. The van der Waals surface area contributed by atoms with Gasteiger partial charge in [-0.15, -0.1) is 26.9 Å². The second-order valence-corrected chi connectivity index (χ2v) is 9.64. The van der Waals surface area contributed by atoms with Crippen LogP contribution >= 0.6 is 58.4 Å². The van der Waals surface area contributed by atoms with Gasteiger partial charge >= 0.3 is 0 Å². The summed E-state index contributed by atoms with van der Waals surface area (Å²) in [5, 5.41) is 9.68. The zero-order chi connectivity index (χ0) is 14.8. The Balaban J connectivity index is 5.57. The van der Waals surface area contributed by atoms with Crippen LogP contribution in [0, 0.1) is 11.3 Å². The van der Waals surface area contributed by atoms with Gasteiger partial charge in [-0.05, 0) is 25.8 Å². The average Bonchev–Trinajstić information content (AvgIpc) is 2.25. The van der Waals surface area contributed by atoms with E-state index in [2.05, 4.69) is 6.58 Å². The normalized spacial score (nSPS) is 13.7. The Morgan fingerprint density at radius 2 is 1.89 bits per heavy atom. The van der Waals surface area contributed by atoms with Crippen LogP contribution in [0.2, 0.25) is 0 Å². The molecule has 0 aliphatic rings. The Hall–Kier alpha value is 0.650. The summed E-state index contributed by atoms with van der Waals surface area (Å²) in [6.07, 6.45) is 0. The Morgan fingerprint density at radius 3 is 2.17 bits per heavy atom. The molecule has 0 saturated heterocycles. The number of hydrogen-bond acceptors (Lipinski definition) is 4. The van der Waals surface area contributed by atoms with Crippen molar-refractivity contribution in [2.75, 3.05) is 0 Å². The summed E-state index contributed by atoms with van der Waals surface area (Å²) >= 11 is 23.2.